The van der Waals surface area contributed by atoms with Gasteiger partial charge in [0.05, 0.1) is 29.2 Å². The number of anilines is 1. The van der Waals surface area contributed by atoms with Crippen molar-refractivity contribution < 1.29 is 62.1 Å². The number of H-pyrrole nitrogens is 1. The molecule has 5 heterocycles. The minimum atomic E-state index is -4.52. The van der Waals surface area contributed by atoms with Crippen molar-refractivity contribution >= 4 is 22.8 Å². The number of carbonyl (C=O) groups excluding carboxylic acids is 1. The Bertz CT molecular complexity index is 1950. The van der Waals surface area contributed by atoms with Gasteiger partial charge >= 0.3 is 35.7 Å². The molecule has 3 atom stereocenters. The molecule has 54 heavy (non-hydrogen) atoms. The number of benzene rings is 1. The van der Waals surface area contributed by atoms with Crippen LogP contribution < -0.4 is 44.3 Å². The van der Waals surface area contributed by atoms with Gasteiger partial charge in [-0.1, -0.05) is 12.8 Å². The zero-order chi connectivity index (χ0) is 36.9. The van der Waals surface area contributed by atoms with E-state index in [9.17, 15) is 23.1 Å². The van der Waals surface area contributed by atoms with Crippen molar-refractivity contribution in [2.45, 2.75) is 101 Å². The number of nitrogens with one attached hydrogen (secondary N) is 1. The Morgan fingerprint density at radius 1 is 1.04 bits per heavy atom. The van der Waals surface area contributed by atoms with E-state index in [0.29, 0.717) is 60.0 Å². The Labute approximate surface area is 335 Å². The molecule has 4 aromatic rings. The Balaban J connectivity index is 0.00000450. The second-order valence-electron chi connectivity index (χ2n) is 15.7. The maximum absolute atomic E-state index is 14.3. The van der Waals surface area contributed by atoms with Gasteiger partial charge in [0.1, 0.15) is 23.2 Å². The fourth-order valence-electron chi connectivity index (χ4n) is 9.24. The van der Waals surface area contributed by atoms with Gasteiger partial charge < -0.3 is 29.3 Å². The van der Waals surface area contributed by atoms with Gasteiger partial charge in [-0.25, -0.2) is 9.97 Å². The molecule has 0 amide bonds. The summed E-state index contributed by atoms with van der Waals surface area (Å²) in [5.41, 5.74) is 2.81. The molecule has 2 saturated heterocycles. The van der Waals surface area contributed by atoms with Crippen LogP contribution in [0.5, 0.6) is 5.75 Å². The zero-order valence-electron chi connectivity index (χ0n) is 31.3. The van der Waals surface area contributed by atoms with Crippen molar-refractivity contribution in [3.05, 3.63) is 53.9 Å². The fourth-order valence-corrected chi connectivity index (χ4v) is 9.24. The molecule has 14 heteroatoms. The van der Waals surface area contributed by atoms with E-state index in [1.165, 1.54) is 12.3 Å². The third-order valence-corrected chi connectivity index (χ3v) is 11.9. The average Bonchev–Trinajstić information content (AvgIpc) is 3.64. The maximum Gasteiger partial charge on any atom is 1.00 e. The van der Waals surface area contributed by atoms with E-state index in [-0.39, 0.29) is 59.1 Å². The van der Waals surface area contributed by atoms with Gasteiger partial charge in [0.2, 0.25) is 0 Å². The summed E-state index contributed by atoms with van der Waals surface area (Å²) < 4.78 is 54.9. The van der Waals surface area contributed by atoms with Crippen LogP contribution in [-0.4, -0.2) is 82.8 Å². The molecule has 0 radical (unpaired) electrons. The summed E-state index contributed by atoms with van der Waals surface area (Å²) in [6, 6.07) is 11.4. The number of ether oxygens (including phenoxy) is 2. The second kappa shape index (κ2) is 15.7. The molecule has 8 rings (SSSR count). The number of carbonyl (C=O) groups is 1. The van der Waals surface area contributed by atoms with Crippen LogP contribution in [0.2, 0.25) is 0 Å². The van der Waals surface area contributed by atoms with Crippen LogP contribution in [0.3, 0.4) is 0 Å². The van der Waals surface area contributed by atoms with E-state index in [2.05, 4.69) is 19.8 Å². The monoisotopic (exact) mass is 754 g/mol. The molecule has 1 aromatic carbocycles. The number of imidazole rings is 1. The Morgan fingerprint density at radius 2 is 1.74 bits per heavy atom. The summed E-state index contributed by atoms with van der Waals surface area (Å²) in [4.78, 5) is 33.0. The minimum absolute atomic E-state index is 0. The number of fused-ring (bicyclic) bond motifs is 3. The van der Waals surface area contributed by atoms with Gasteiger partial charge in [0.15, 0.2) is 5.65 Å². The molecule has 4 aliphatic rings. The molecular weight excluding hydrogens is 708 g/mol. The Kier molecular flexibility index (Phi) is 11.4. The molecule has 2 aliphatic carbocycles. The van der Waals surface area contributed by atoms with Crippen molar-refractivity contribution in [2.75, 3.05) is 38.8 Å². The van der Waals surface area contributed by atoms with Crippen molar-refractivity contribution in [3.8, 4) is 28.4 Å². The average molecular weight is 755 g/mol. The van der Waals surface area contributed by atoms with Gasteiger partial charge in [0, 0.05) is 74.0 Å². The van der Waals surface area contributed by atoms with E-state index in [4.69, 9.17) is 19.4 Å². The minimum Gasteiger partial charge on any atom is -0.550 e. The first-order chi connectivity index (χ1) is 25.5. The van der Waals surface area contributed by atoms with E-state index in [1.807, 2.05) is 37.4 Å². The molecule has 0 spiro atoms. The molecular formula is C40H46F3N6NaO4. The SMILES string of the molecule is COCC1(CN(C)c2cc(-c3cnc(C4CC4)c(C(F)(F)F)c3)nc3nc(-c4ccc(O[C@@H]5C[C@H]6CC[C@@H](C5)N6CCC(=O)[O-])cc4)[nH]c23)CCCC1.[Na+]. The molecule has 10 nitrogen and oxygen atoms in total. The number of aliphatic carboxylic acids is 1. The van der Waals surface area contributed by atoms with Gasteiger partial charge in [-0.2, -0.15) is 13.2 Å². The summed E-state index contributed by atoms with van der Waals surface area (Å²) in [5, 5.41) is 11.0. The molecule has 282 valence electrons. The van der Waals surface area contributed by atoms with Crippen LogP contribution in [0, 0.1) is 5.41 Å². The molecule has 0 unspecified atom stereocenters. The Hall–Kier alpha value is -3.23. The quantitative estimate of drug-likeness (QED) is 0.204. The van der Waals surface area contributed by atoms with Crippen LogP contribution in [0.4, 0.5) is 18.9 Å². The fraction of sp³-hybridized carbons (Fsp3) is 0.550. The summed E-state index contributed by atoms with van der Waals surface area (Å²) in [5.74, 6) is 0.182. The third-order valence-electron chi connectivity index (χ3n) is 11.9. The molecule has 1 N–H and O–H groups in total. The number of aromatic nitrogens is 4. The number of hydrogen-bond donors (Lipinski definition) is 1. The van der Waals surface area contributed by atoms with Crippen molar-refractivity contribution in [1.82, 2.24) is 24.8 Å². The van der Waals surface area contributed by atoms with Gasteiger partial charge in [-0.05, 0) is 94.2 Å². The van der Waals surface area contributed by atoms with Gasteiger partial charge in [-0.15, -0.1) is 0 Å². The van der Waals surface area contributed by atoms with E-state index in [1.54, 1.807) is 7.11 Å². The number of pyridine rings is 2. The van der Waals surface area contributed by atoms with Crippen LogP contribution in [-0.2, 0) is 15.7 Å². The number of piperidine rings is 1. The summed E-state index contributed by atoms with van der Waals surface area (Å²) in [6.45, 7) is 1.87. The predicted molar refractivity (Wildman–Crippen MR) is 192 cm³/mol. The maximum atomic E-state index is 14.3. The third kappa shape index (κ3) is 8.16. The smallest absolute Gasteiger partial charge is 0.550 e. The number of halogens is 3. The van der Waals surface area contributed by atoms with Gasteiger partial charge in [-0.3, -0.25) is 9.88 Å². The topological polar surface area (TPSA) is 120 Å². The Morgan fingerprint density at radius 3 is 2.37 bits per heavy atom. The van der Waals surface area contributed by atoms with Crippen LogP contribution >= 0.6 is 0 Å². The molecule has 3 aromatic heterocycles. The number of alkyl halides is 3. The number of nitrogens with zero attached hydrogens (tertiary/aromatic N) is 5. The van der Waals surface area contributed by atoms with E-state index in [0.717, 1.165) is 81.2 Å². The normalized spacial score (nSPS) is 22.4. The largest absolute Gasteiger partial charge is 1.00 e. The number of aromatic amines is 1. The predicted octanol–water partition coefficient (Wildman–Crippen LogP) is 3.74. The van der Waals surface area contributed by atoms with Crippen LogP contribution in [0.1, 0.15) is 87.8 Å². The number of hydrogen-bond acceptors (Lipinski definition) is 9. The molecule has 4 fully saturated rings. The number of carboxylic acids is 1. The first-order valence-corrected chi connectivity index (χ1v) is 18.9. The van der Waals surface area contributed by atoms with Gasteiger partial charge in [0.25, 0.3) is 0 Å². The number of carboxylic acid groups (broad SMARTS) is 1. The molecule has 2 saturated carbocycles. The summed E-state index contributed by atoms with van der Waals surface area (Å²) >= 11 is 0. The van der Waals surface area contributed by atoms with Crippen LogP contribution in [0.15, 0.2) is 42.6 Å². The summed E-state index contributed by atoms with van der Waals surface area (Å²) in [7, 11) is 3.74. The van der Waals surface area contributed by atoms with Crippen molar-refractivity contribution in [2.24, 2.45) is 5.41 Å². The zero-order valence-corrected chi connectivity index (χ0v) is 33.3. The van der Waals surface area contributed by atoms with Crippen molar-refractivity contribution in [3.63, 3.8) is 0 Å². The second-order valence-corrected chi connectivity index (χ2v) is 15.7. The standard InChI is InChI=1S/C40H47F3N6O4.Na/c1-48(22-39(23-52-2)14-3-4-15-39)33-20-32(26-17-31(40(41,42)43)35(44-21-26)24-5-6-24)45-38-36(33)46-37(47-38)25-7-11-29(12-8-25)53-30-18-27-9-10-28(19-30)49(27)16-13-34(50)51;/h7-8,11-12,17,20-21,24,27-28,30H,3-6,9-10,13-16,18-19,22-23H2,1-2H3,(H,50,51)(H,45,46,47);/q;+1/p-1/t27-,28+,30-;. The molecule has 2 aliphatic heterocycles. The first kappa shape index (κ1) is 39.0. The molecule has 2 bridgehead atoms. The van der Waals surface area contributed by atoms with E-state index < -0.39 is 17.7 Å². The van der Waals surface area contributed by atoms with Crippen LogP contribution in [0.25, 0.3) is 33.8 Å². The van der Waals surface area contributed by atoms with E-state index >= 15 is 0 Å². The number of rotatable bonds is 13. The number of methoxy groups -OCH3 is 1. The van der Waals surface area contributed by atoms with Crippen molar-refractivity contribution in [1.29, 1.82) is 0 Å². The summed E-state index contributed by atoms with van der Waals surface area (Å²) in [6.07, 6.45) is 6.69. The first-order valence-electron chi connectivity index (χ1n) is 18.9.